The van der Waals surface area contributed by atoms with Crippen LogP contribution in [0.1, 0.15) is 42.8 Å². The Bertz CT molecular complexity index is 411. The van der Waals surface area contributed by atoms with Crippen molar-refractivity contribution in [1.82, 2.24) is 9.88 Å². The molecule has 0 aromatic carbocycles. The molecule has 0 amide bonds. The van der Waals surface area contributed by atoms with E-state index in [1.54, 1.807) is 11.3 Å². The molecular formula is C14H25IN4S. The molecule has 1 aromatic heterocycles. The minimum Gasteiger partial charge on any atom is -0.370 e. The van der Waals surface area contributed by atoms with Gasteiger partial charge in [-0.1, -0.05) is 12.8 Å². The quantitative estimate of drug-likeness (QED) is 0.360. The van der Waals surface area contributed by atoms with E-state index in [2.05, 4.69) is 20.3 Å². The topological polar surface area (TPSA) is 54.5 Å². The van der Waals surface area contributed by atoms with Gasteiger partial charge >= 0.3 is 0 Å². The summed E-state index contributed by atoms with van der Waals surface area (Å²) in [7, 11) is 0. The number of halogens is 1. The summed E-state index contributed by atoms with van der Waals surface area (Å²) < 4.78 is 0. The fraction of sp³-hybridized carbons (Fsp3) is 0.714. The molecule has 0 radical (unpaired) electrons. The van der Waals surface area contributed by atoms with Crippen LogP contribution >= 0.6 is 35.3 Å². The zero-order chi connectivity index (χ0) is 13.5. The third kappa shape index (κ3) is 5.95. The van der Waals surface area contributed by atoms with E-state index in [1.165, 1.54) is 30.7 Å². The Balaban J connectivity index is 0.00000200. The number of likely N-dealkylation sites (tertiary alicyclic amines) is 1. The lowest BCUT2D eigenvalue weighted by Gasteiger charge is -2.21. The Morgan fingerprint density at radius 3 is 2.65 bits per heavy atom. The van der Waals surface area contributed by atoms with Gasteiger partial charge in [0.25, 0.3) is 0 Å². The Labute approximate surface area is 142 Å². The molecule has 2 heterocycles. The van der Waals surface area contributed by atoms with E-state index in [4.69, 9.17) is 5.73 Å². The van der Waals surface area contributed by atoms with Crippen LogP contribution in [0.4, 0.5) is 0 Å². The van der Waals surface area contributed by atoms with Crippen LogP contribution in [0.2, 0.25) is 0 Å². The number of nitrogens with zero attached hydrogens (tertiary/aromatic N) is 3. The third-order valence-electron chi connectivity index (χ3n) is 3.42. The molecule has 0 unspecified atom stereocenters. The van der Waals surface area contributed by atoms with Crippen LogP contribution in [0.15, 0.2) is 10.4 Å². The first kappa shape index (κ1) is 17.7. The number of aromatic nitrogens is 1. The molecule has 6 heteroatoms. The van der Waals surface area contributed by atoms with Crippen LogP contribution in [0.3, 0.4) is 0 Å². The molecular weight excluding hydrogens is 383 g/mol. The predicted molar refractivity (Wildman–Crippen MR) is 97.1 cm³/mol. The number of aryl methyl sites for hydroxylation is 2. The Morgan fingerprint density at radius 1 is 1.35 bits per heavy atom. The van der Waals surface area contributed by atoms with Crippen molar-refractivity contribution in [3.8, 4) is 0 Å². The summed E-state index contributed by atoms with van der Waals surface area (Å²) in [6.45, 7) is 4.98. The maximum Gasteiger partial charge on any atom is 0.191 e. The van der Waals surface area contributed by atoms with Crippen molar-refractivity contribution in [3.63, 3.8) is 0 Å². The van der Waals surface area contributed by atoms with Gasteiger partial charge in [-0.25, -0.2) is 4.98 Å². The smallest absolute Gasteiger partial charge is 0.191 e. The molecule has 4 nitrogen and oxygen atoms in total. The summed E-state index contributed by atoms with van der Waals surface area (Å²) in [5, 5.41) is 3.31. The molecule has 1 fully saturated rings. The minimum absolute atomic E-state index is 0. The molecule has 2 N–H and O–H groups in total. The average molecular weight is 408 g/mol. The first-order chi connectivity index (χ1) is 9.25. The first-order valence-electron chi connectivity index (χ1n) is 7.21. The Hall–Kier alpha value is -0.370. The summed E-state index contributed by atoms with van der Waals surface area (Å²) >= 11 is 1.74. The van der Waals surface area contributed by atoms with E-state index in [9.17, 15) is 0 Å². The molecule has 0 bridgehead atoms. The second-order valence-electron chi connectivity index (χ2n) is 5.13. The lowest BCUT2D eigenvalue weighted by molar-refractivity contribution is 0.428. The van der Waals surface area contributed by atoms with Gasteiger partial charge in [0, 0.05) is 37.1 Å². The number of thiazole rings is 1. The van der Waals surface area contributed by atoms with Gasteiger partial charge in [0.2, 0.25) is 0 Å². The predicted octanol–water partition coefficient (Wildman–Crippen LogP) is 3.19. The monoisotopic (exact) mass is 408 g/mol. The van der Waals surface area contributed by atoms with Crippen molar-refractivity contribution < 1.29 is 0 Å². The van der Waals surface area contributed by atoms with E-state index < -0.39 is 0 Å². The Morgan fingerprint density at radius 2 is 2.05 bits per heavy atom. The van der Waals surface area contributed by atoms with Crippen molar-refractivity contribution in [2.75, 3.05) is 19.6 Å². The zero-order valence-electron chi connectivity index (χ0n) is 12.2. The highest BCUT2D eigenvalue weighted by molar-refractivity contribution is 14.0. The van der Waals surface area contributed by atoms with Gasteiger partial charge in [0.1, 0.15) is 0 Å². The highest BCUT2D eigenvalue weighted by atomic mass is 127. The second-order valence-corrected chi connectivity index (χ2v) is 6.07. The van der Waals surface area contributed by atoms with Gasteiger partial charge in [0.05, 0.1) is 5.01 Å². The number of hydrogen-bond donors (Lipinski definition) is 1. The fourth-order valence-corrected chi connectivity index (χ4v) is 3.16. The van der Waals surface area contributed by atoms with E-state index in [0.29, 0.717) is 0 Å². The first-order valence-corrected chi connectivity index (χ1v) is 8.09. The molecule has 1 aromatic rings. The average Bonchev–Trinajstić information content (AvgIpc) is 2.67. The van der Waals surface area contributed by atoms with Gasteiger partial charge in [-0.15, -0.1) is 35.3 Å². The number of rotatable bonds is 4. The van der Waals surface area contributed by atoms with Crippen LogP contribution < -0.4 is 5.73 Å². The molecule has 20 heavy (non-hydrogen) atoms. The lowest BCUT2D eigenvalue weighted by Crippen LogP contribution is -2.38. The maximum absolute atomic E-state index is 6.06. The van der Waals surface area contributed by atoms with Gasteiger partial charge in [-0.05, 0) is 26.2 Å². The maximum atomic E-state index is 6.06. The standard InChI is InChI=1S/C14H24N4S.HI/c1-12-11-19-13(17-12)7-6-8-16-14(15)18-9-4-2-3-5-10-18;/h11H,2-10H2,1H3,(H2,15,16);1H. The number of hydrogen-bond acceptors (Lipinski definition) is 3. The van der Waals surface area contributed by atoms with Crippen LogP contribution in [-0.4, -0.2) is 35.5 Å². The number of guanidine groups is 1. The highest BCUT2D eigenvalue weighted by Crippen LogP contribution is 2.11. The van der Waals surface area contributed by atoms with Gasteiger partial charge < -0.3 is 10.6 Å². The molecule has 0 saturated carbocycles. The van der Waals surface area contributed by atoms with Gasteiger partial charge in [0.15, 0.2) is 5.96 Å². The number of aliphatic imine (C=N–C) groups is 1. The summed E-state index contributed by atoms with van der Waals surface area (Å²) in [6.07, 6.45) is 7.18. The van der Waals surface area contributed by atoms with E-state index in [1.807, 2.05) is 6.92 Å². The minimum atomic E-state index is 0. The Kier molecular flexibility index (Phi) is 8.44. The van der Waals surface area contributed by atoms with Crippen molar-refractivity contribution in [1.29, 1.82) is 0 Å². The fourth-order valence-electron chi connectivity index (χ4n) is 2.34. The van der Waals surface area contributed by atoms with Crippen LogP contribution in [-0.2, 0) is 6.42 Å². The van der Waals surface area contributed by atoms with Crippen LogP contribution in [0, 0.1) is 6.92 Å². The van der Waals surface area contributed by atoms with Crippen LogP contribution in [0.5, 0.6) is 0 Å². The SMILES string of the molecule is Cc1csc(CCCN=C(N)N2CCCCCC2)n1.I. The molecule has 0 atom stereocenters. The molecule has 0 spiro atoms. The number of nitrogens with two attached hydrogens (primary N) is 1. The summed E-state index contributed by atoms with van der Waals surface area (Å²) in [5.41, 5.74) is 7.18. The van der Waals surface area contributed by atoms with Gasteiger partial charge in [-0.3, -0.25) is 4.99 Å². The van der Waals surface area contributed by atoms with Crippen LogP contribution in [0.25, 0.3) is 0 Å². The van der Waals surface area contributed by atoms with Crippen molar-refractivity contribution in [3.05, 3.63) is 16.1 Å². The second kappa shape index (κ2) is 9.55. The van der Waals surface area contributed by atoms with E-state index in [-0.39, 0.29) is 24.0 Å². The molecule has 0 aliphatic carbocycles. The molecule has 1 saturated heterocycles. The van der Waals surface area contributed by atoms with E-state index in [0.717, 1.165) is 44.1 Å². The lowest BCUT2D eigenvalue weighted by atomic mass is 10.2. The third-order valence-corrected chi connectivity index (χ3v) is 4.45. The zero-order valence-corrected chi connectivity index (χ0v) is 15.3. The molecule has 114 valence electrons. The summed E-state index contributed by atoms with van der Waals surface area (Å²) in [6, 6.07) is 0. The van der Waals surface area contributed by atoms with Gasteiger partial charge in [-0.2, -0.15) is 0 Å². The van der Waals surface area contributed by atoms with E-state index >= 15 is 0 Å². The van der Waals surface area contributed by atoms with Crippen molar-refractivity contribution >= 4 is 41.3 Å². The normalized spacial score (nSPS) is 16.6. The molecule has 1 aliphatic heterocycles. The van der Waals surface area contributed by atoms with Crippen molar-refractivity contribution in [2.45, 2.75) is 45.4 Å². The van der Waals surface area contributed by atoms with Crippen molar-refractivity contribution in [2.24, 2.45) is 10.7 Å². The molecule has 1 aliphatic rings. The highest BCUT2D eigenvalue weighted by Gasteiger charge is 2.10. The molecule has 2 rings (SSSR count). The largest absolute Gasteiger partial charge is 0.370 e. The summed E-state index contributed by atoms with van der Waals surface area (Å²) in [4.78, 5) is 11.2. The summed E-state index contributed by atoms with van der Waals surface area (Å²) in [5.74, 6) is 0.734.